The minimum absolute atomic E-state index is 0.103. The van der Waals surface area contributed by atoms with Gasteiger partial charge in [-0.1, -0.05) is 45.8 Å². The first-order chi connectivity index (χ1) is 6.63. The Morgan fingerprint density at radius 1 is 1.50 bits per heavy atom. The smallest absolute Gasteiger partial charge is 0.233 e. The minimum atomic E-state index is 0.103. The molecule has 0 bridgehead atoms. The fraction of sp³-hybridized carbons (Fsp3) is 0.364. The zero-order valence-electron chi connectivity index (χ0n) is 8.46. The lowest BCUT2D eigenvalue weighted by atomic mass is 10.1. The lowest BCUT2D eigenvalue weighted by Gasteiger charge is -2.15. The molecule has 1 aromatic carbocycles. The van der Waals surface area contributed by atoms with Gasteiger partial charge in [-0.25, -0.2) is 0 Å². The van der Waals surface area contributed by atoms with E-state index >= 15 is 0 Å². The molecule has 0 unspecified atom stereocenters. The Morgan fingerprint density at radius 3 is 2.79 bits per heavy atom. The van der Waals surface area contributed by atoms with Crippen LogP contribution in [0.3, 0.4) is 0 Å². The first kappa shape index (κ1) is 11.2. The van der Waals surface area contributed by atoms with Crippen LogP contribution in [-0.2, 0) is 11.3 Å². The maximum atomic E-state index is 11.3. The zero-order valence-corrected chi connectivity index (χ0v) is 10.0. The summed E-state index contributed by atoms with van der Waals surface area (Å²) in [7, 11) is 1.81. The van der Waals surface area contributed by atoms with Crippen LogP contribution in [0.2, 0.25) is 0 Å². The molecule has 14 heavy (non-hydrogen) atoms. The van der Waals surface area contributed by atoms with Gasteiger partial charge >= 0.3 is 0 Å². The molecule has 0 saturated heterocycles. The van der Waals surface area contributed by atoms with Crippen molar-refractivity contribution in [1.29, 1.82) is 0 Å². The highest BCUT2D eigenvalue weighted by Crippen LogP contribution is 2.06. The largest absolute Gasteiger partial charge is 0.341 e. The molecule has 76 valence electrons. The highest BCUT2D eigenvalue weighted by atomic mass is 79.9. The Balaban J connectivity index is 2.64. The molecule has 0 aromatic heterocycles. The van der Waals surface area contributed by atoms with Crippen molar-refractivity contribution < 1.29 is 4.79 Å². The Labute approximate surface area is 93.0 Å². The molecule has 0 radical (unpaired) electrons. The molecule has 0 spiro atoms. The van der Waals surface area contributed by atoms with Crippen molar-refractivity contribution in [2.24, 2.45) is 0 Å². The predicted molar refractivity (Wildman–Crippen MR) is 61.4 cm³/mol. The van der Waals surface area contributed by atoms with Crippen LogP contribution in [0.1, 0.15) is 11.1 Å². The third-order valence-electron chi connectivity index (χ3n) is 2.04. The van der Waals surface area contributed by atoms with E-state index in [-0.39, 0.29) is 5.91 Å². The van der Waals surface area contributed by atoms with Crippen molar-refractivity contribution in [3.63, 3.8) is 0 Å². The fourth-order valence-corrected chi connectivity index (χ4v) is 1.70. The summed E-state index contributed by atoms with van der Waals surface area (Å²) in [6.45, 7) is 2.72. The van der Waals surface area contributed by atoms with Gasteiger partial charge in [0.25, 0.3) is 0 Å². The van der Waals surface area contributed by atoms with Crippen LogP contribution in [0.5, 0.6) is 0 Å². The SMILES string of the molecule is Cc1cccc(CN(C)C(=O)CBr)c1. The molecule has 0 atom stereocenters. The van der Waals surface area contributed by atoms with E-state index in [2.05, 4.69) is 35.0 Å². The van der Waals surface area contributed by atoms with E-state index in [0.29, 0.717) is 11.9 Å². The second-order valence-corrected chi connectivity index (χ2v) is 3.93. The first-order valence-electron chi connectivity index (χ1n) is 4.49. The minimum Gasteiger partial charge on any atom is -0.341 e. The van der Waals surface area contributed by atoms with Gasteiger partial charge < -0.3 is 4.90 Å². The average Bonchev–Trinajstić information content (AvgIpc) is 2.16. The maximum absolute atomic E-state index is 11.3. The molecular formula is C11H14BrNO. The number of carbonyl (C=O) groups is 1. The van der Waals surface area contributed by atoms with E-state index in [1.54, 1.807) is 4.90 Å². The van der Waals surface area contributed by atoms with E-state index in [0.717, 1.165) is 0 Å². The van der Waals surface area contributed by atoms with Crippen LogP contribution in [0.15, 0.2) is 24.3 Å². The van der Waals surface area contributed by atoms with Gasteiger partial charge in [0, 0.05) is 13.6 Å². The van der Waals surface area contributed by atoms with Crippen LogP contribution in [0.25, 0.3) is 0 Å². The second kappa shape index (κ2) is 5.15. The number of carbonyl (C=O) groups excluding carboxylic acids is 1. The number of amides is 1. The molecule has 2 nitrogen and oxygen atoms in total. The number of aryl methyl sites for hydroxylation is 1. The second-order valence-electron chi connectivity index (χ2n) is 3.37. The van der Waals surface area contributed by atoms with E-state index < -0.39 is 0 Å². The molecule has 1 amide bonds. The van der Waals surface area contributed by atoms with Gasteiger partial charge in [0.2, 0.25) is 5.91 Å². The molecule has 0 saturated carbocycles. The number of nitrogens with zero attached hydrogens (tertiary/aromatic N) is 1. The van der Waals surface area contributed by atoms with Crippen molar-refractivity contribution in [2.75, 3.05) is 12.4 Å². The van der Waals surface area contributed by atoms with Gasteiger partial charge in [-0.15, -0.1) is 0 Å². The third-order valence-corrected chi connectivity index (χ3v) is 2.52. The summed E-state index contributed by atoms with van der Waals surface area (Å²) in [5, 5.41) is 0.384. The Hall–Kier alpha value is -0.830. The summed E-state index contributed by atoms with van der Waals surface area (Å²) in [5.41, 5.74) is 2.39. The Bertz CT molecular complexity index is 325. The summed E-state index contributed by atoms with van der Waals surface area (Å²) in [6.07, 6.45) is 0. The van der Waals surface area contributed by atoms with Gasteiger partial charge in [0.05, 0.1) is 5.33 Å². The molecule has 0 aliphatic heterocycles. The number of hydrogen-bond acceptors (Lipinski definition) is 1. The summed E-state index contributed by atoms with van der Waals surface area (Å²) in [6, 6.07) is 8.19. The predicted octanol–water partition coefficient (Wildman–Crippen LogP) is 2.35. The third kappa shape index (κ3) is 3.14. The van der Waals surface area contributed by atoms with Gasteiger partial charge in [0.15, 0.2) is 0 Å². The van der Waals surface area contributed by atoms with E-state index in [9.17, 15) is 4.79 Å². The summed E-state index contributed by atoms with van der Waals surface area (Å²) in [5.74, 6) is 0.103. The van der Waals surface area contributed by atoms with Crippen molar-refractivity contribution >= 4 is 21.8 Å². The molecule has 0 aliphatic carbocycles. The lowest BCUT2D eigenvalue weighted by Crippen LogP contribution is -2.26. The Morgan fingerprint density at radius 2 is 2.21 bits per heavy atom. The normalized spacial score (nSPS) is 9.93. The quantitative estimate of drug-likeness (QED) is 0.760. The summed E-state index contributed by atoms with van der Waals surface area (Å²) < 4.78 is 0. The van der Waals surface area contributed by atoms with Crippen LogP contribution < -0.4 is 0 Å². The number of benzene rings is 1. The van der Waals surface area contributed by atoms with Gasteiger partial charge in [0.1, 0.15) is 0 Å². The monoisotopic (exact) mass is 255 g/mol. The van der Waals surface area contributed by atoms with Crippen LogP contribution in [-0.4, -0.2) is 23.2 Å². The topological polar surface area (TPSA) is 20.3 Å². The summed E-state index contributed by atoms with van der Waals surface area (Å²) in [4.78, 5) is 13.0. The molecule has 0 N–H and O–H groups in total. The van der Waals surface area contributed by atoms with E-state index in [1.165, 1.54) is 11.1 Å². The number of alkyl halides is 1. The molecule has 0 heterocycles. The van der Waals surface area contributed by atoms with Crippen LogP contribution in [0.4, 0.5) is 0 Å². The standard InChI is InChI=1S/C11H14BrNO/c1-9-4-3-5-10(6-9)8-13(2)11(14)7-12/h3-6H,7-8H2,1-2H3. The maximum Gasteiger partial charge on any atom is 0.233 e. The van der Waals surface area contributed by atoms with Crippen LogP contribution >= 0.6 is 15.9 Å². The fourth-order valence-electron chi connectivity index (χ4n) is 1.27. The molecule has 0 aliphatic rings. The lowest BCUT2D eigenvalue weighted by molar-refractivity contribution is -0.127. The molecular weight excluding hydrogens is 242 g/mol. The van der Waals surface area contributed by atoms with E-state index in [1.807, 2.05) is 19.2 Å². The van der Waals surface area contributed by atoms with E-state index in [4.69, 9.17) is 0 Å². The highest BCUT2D eigenvalue weighted by Gasteiger charge is 2.06. The molecule has 1 rings (SSSR count). The first-order valence-corrected chi connectivity index (χ1v) is 5.61. The van der Waals surface area contributed by atoms with Crippen molar-refractivity contribution in [3.8, 4) is 0 Å². The van der Waals surface area contributed by atoms with Gasteiger partial charge in [-0.05, 0) is 12.5 Å². The number of halogens is 1. The zero-order chi connectivity index (χ0) is 10.6. The summed E-state index contributed by atoms with van der Waals surface area (Å²) >= 11 is 3.15. The molecule has 1 aromatic rings. The van der Waals surface area contributed by atoms with Crippen molar-refractivity contribution in [2.45, 2.75) is 13.5 Å². The number of rotatable bonds is 3. The Kier molecular flexibility index (Phi) is 4.14. The average molecular weight is 256 g/mol. The highest BCUT2D eigenvalue weighted by molar-refractivity contribution is 9.09. The van der Waals surface area contributed by atoms with Gasteiger partial charge in [-0.2, -0.15) is 0 Å². The molecule has 0 fully saturated rings. The molecule has 3 heteroatoms. The van der Waals surface area contributed by atoms with Crippen LogP contribution in [0, 0.1) is 6.92 Å². The number of hydrogen-bond donors (Lipinski definition) is 0. The van der Waals surface area contributed by atoms with Gasteiger partial charge in [-0.3, -0.25) is 4.79 Å². The van der Waals surface area contributed by atoms with Crippen molar-refractivity contribution in [1.82, 2.24) is 4.90 Å². The van der Waals surface area contributed by atoms with Crippen molar-refractivity contribution in [3.05, 3.63) is 35.4 Å².